The average Bonchev–Trinajstić information content (AvgIpc) is 2.43. The van der Waals surface area contributed by atoms with Gasteiger partial charge in [0.2, 0.25) is 0 Å². The zero-order valence-electron chi connectivity index (χ0n) is 8.68. The molecule has 98 valence electrons. The van der Waals surface area contributed by atoms with Crippen LogP contribution in [-0.4, -0.2) is 0 Å². The van der Waals surface area contributed by atoms with Gasteiger partial charge in [-0.05, 0) is 31.3 Å². The minimum Gasteiger partial charge on any atom is -0.303 e. The molecule has 3 N–H and O–H groups in total. The van der Waals surface area contributed by atoms with Gasteiger partial charge in [0.1, 0.15) is 0 Å². The second kappa shape index (κ2) is 14.1. The van der Waals surface area contributed by atoms with Crippen LogP contribution < -0.4 is 11.4 Å². The van der Waals surface area contributed by atoms with Gasteiger partial charge in [0.15, 0.2) is 0 Å². The van der Waals surface area contributed by atoms with Gasteiger partial charge >= 0.3 is 0 Å². The smallest absolute Gasteiger partial charge is 0.0497 e. The fourth-order valence-electron chi connectivity index (χ4n) is 0.282. The predicted octanol–water partition coefficient (Wildman–Crippen LogP) is 2.25. The monoisotopic (exact) mass is 269 g/mol. The number of hydrogen-bond donors (Lipinski definition) is 2. The Hall–Kier alpha value is -3.89. The normalized spacial score (nSPS) is 13.1. The maximum Gasteiger partial charge on any atom is 0.0497 e. The maximum absolute atomic E-state index is 7.81. The van der Waals surface area contributed by atoms with Gasteiger partial charge in [0.25, 0.3) is 0 Å². The molecule has 0 rings (SSSR count). The summed E-state index contributed by atoms with van der Waals surface area (Å²) in [6.45, 7) is 0. The highest BCUT2D eigenvalue weighted by Gasteiger charge is 1.71. The van der Waals surface area contributed by atoms with Crippen molar-refractivity contribution in [2.75, 3.05) is 0 Å². The summed E-state index contributed by atoms with van der Waals surface area (Å²) in [7, 11) is 0. The van der Waals surface area contributed by atoms with Crippen molar-refractivity contribution in [1.29, 1.82) is 0 Å². The van der Waals surface area contributed by atoms with Crippen LogP contribution in [0.15, 0.2) is 78.3 Å². The largest absolute Gasteiger partial charge is 0.303 e. The van der Waals surface area contributed by atoms with E-state index in [4.69, 9.17) is 5.53 Å². The Morgan fingerprint density at radius 2 is 1.11 bits per heavy atom. The van der Waals surface area contributed by atoms with Gasteiger partial charge in [-0.3, -0.25) is 0 Å². The number of hydrogen-bond acceptors (Lipinski definition) is 3. The zero-order valence-corrected chi connectivity index (χ0v) is 8.68. The summed E-state index contributed by atoms with van der Waals surface area (Å²) in [5.74, 6) is 4.59. The van der Waals surface area contributed by atoms with E-state index in [2.05, 4.69) is 89.1 Å². The molecule has 0 bridgehead atoms. The first kappa shape index (κ1) is 15.1. The van der Waals surface area contributed by atoms with Crippen molar-refractivity contribution in [3.05, 3.63) is 10.4 Å². The van der Waals surface area contributed by atoms with Crippen molar-refractivity contribution < 1.29 is 0 Å². The molecule has 0 amide bonds. The van der Waals surface area contributed by atoms with Gasteiger partial charge in [0.05, 0.1) is 0 Å². The molecule has 19 heteroatoms. The van der Waals surface area contributed by atoms with E-state index in [1.54, 1.807) is 5.53 Å². The van der Waals surface area contributed by atoms with Crippen LogP contribution in [0.3, 0.4) is 0 Å². The molecule has 0 aromatic heterocycles. The van der Waals surface area contributed by atoms with Crippen LogP contribution in [0.4, 0.5) is 0 Å². The third-order valence-corrected chi connectivity index (χ3v) is 0.671. The fraction of sp³-hybridized carbons (Fsp3) is 0. The summed E-state index contributed by atoms with van der Waals surface area (Å²) in [4.78, 5) is 2.30. The molecular formula is H3N19. The van der Waals surface area contributed by atoms with E-state index in [0.29, 0.717) is 0 Å². The molecule has 0 unspecified atom stereocenters. The fourth-order valence-corrected chi connectivity index (χ4v) is 0.282. The van der Waals surface area contributed by atoms with Gasteiger partial charge in [-0.15, -0.1) is 11.1 Å². The lowest BCUT2D eigenvalue weighted by molar-refractivity contribution is 0.685. The maximum atomic E-state index is 7.81. The molecular weight excluding hydrogens is 266 g/mol. The Balaban J connectivity index is 3.80. The second-order valence-corrected chi connectivity index (χ2v) is 1.58. The molecule has 0 fully saturated rings. The van der Waals surface area contributed by atoms with Crippen LogP contribution in [0.2, 0.25) is 0 Å². The lowest BCUT2D eigenvalue weighted by Crippen LogP contribution is -1.86. The van der Waals surface area contributed by atoms with Crippen LogP contribution in [0.5, 0.6) is 0 Å². The molecule has 0 aromatic carbocycles. The molecule has 0 aliphatic rings. The first-order chi connectivity index (χ1) is 9.41. The van der Waals surface area contributed by atoms with Gasteiger partial charge < -0.3 is 5.84 Å². The van der Waals surface area contributed by atoms with E-state index in [1.165, 1.54) is 0 Å². The van der Waals surface area contributed by atoms with Crippen molar-refractivity contribution in [3.63, 3.8) is 0 Å². The Morgan fingerprint density at radius 1 is 0.684 bits per heavy atom. The van der Waals surface area contributed by atoms with Crippen molar-refractivity contribution in [3.8, 4) is 0 Å². The van der Waals surface area contributed by atoms with E-state index >= 15 is 0 Å². The molecule has 0 heterocycles. The van der Waals surface area contributed by atoms with E-state index < -0.39 is 0 Å². The SMILES string of the molecule is [N-]=[N+]=NN/N=N/N=N/N=N/N=N/N=N/N=N/N=N/N. The summed E-state index contributed by atoms with van der Waals surface area (Å²) in [5, 5.41) is 44.0. The van der Waals surface area contributed by atoms with Crippen LogP contribution in [0.1, 0.15) is 0 Å². The topological polar surface area (TPSA) is 260 Å². The summed E-state index contributed by atoms with van der Waals surface area (Å²) >= 11 is 0. The minimum absolute atomic E-state index is 1.80. The van der Waals surface area contributed by atoms with E-state index in [9.17, 15) is 0 Å². The number of azide groups is 1. The molecule has 0 spiro atoms. The highest BCUT2D eigenvalue weighted by atomic mass is 15.7. The number of nitrogens with zero attached hydrogens (tertiary/aromatic N) is 17. The molecule has 0 atom stereocenters. The summed E-state index contributed by atoms with van der Waals surface area (Å²) in [6.07, 6.45) is 0. The Bertz CT molecular complexity index is 442. The molecule has 0 aromatic rings. The summed E-state index contributed by atoms with van der Waals surface area (Å²) in [6, 6.07) is 0. The number of nitrogens with two attached hydrogens (primary N) is 1. The first-order valence-corrected chi connectivity index (χ1v) is 3.71. The molecule has 0 saturated heterocycles. The number of nitrogens with one attached hydrogen (secondary N) is 1. The summed E-state index contributed by atoms with van der Waals surface area (Å²) in [5.41, 5.74) is 9.61. The van der Waals surface area contributed by atoms with E-state index in [0.717, 1.165) is 0 Å². The quantitative estimate of drug-likeness (QED) is 0.220. The molecule has 19 heavy (non-hydrogen) atoms. The van der Waals surface area contributed by atoms with Crippen LogP contribution in [0, 0.1) is 0 Å². The molecule has 0 saturated carbocycles. The Morgan fingerprint density at radius 3 is 1.53 bits per heavy atom. The summed E-state index contributed by atoms with van der Waals surface area (Å²) < 4.78 is 0. The Labute approximate surface area is 101 Å². The van der Waals surface area contributed by atoms with Crippen LogP contribution in [0.25, 0.3) is 10.4 Å². The number of rotatable bonds is 8. The third-order valence-electron chi connectivity index (χ3n) is 0.671. The second-order valence-electron chi connectivity index (χ2n) is 1.58. The third kappa shape index (κ3) is 14.1. The van der Waals surface area contributed by atoms with Crippen molar-refractivity contribution in [2.24, 2.45) is 84.2 Å². The predicted molar refractivity (Wildman–Crippen MR) is 50.5 cm³/mol. The van der Waals surface area contributed by atoms with Crippen LogP contribution >= 0.6 is 0 Å². The molecule has 0 radical (unpaired) electrons. The minimum atomic E-state index is 1.80. The highest BCUT2D eigenvalue weighted by Crippen LogP contribution is 1.87. The van der Waals surface area contributed by atoms with Gasteiger partial charge in [-0.25, -0.2) is 0 Å². The molecule has 0 aliphatic heterocycles. The molecule has 19 nitrogen and oxygen atoms in total. The first-order valence-electron chi connectivity index (χ1n) is 3.71. The van der Waals surface area contributed by atoms with Crippen molar-refractivity contribution in [1.82, 2.24) is 5.53 Å². The van der Waals surface area contributed by atoms with Crippen molar-refractivity contribution >= 4 is 0 Å². The van der Waals surface area contributed by atoms with E-state index in [1.807, 2.05) is 0 Å². The van der Waals surface area contributed by atoms with Gasteiger partial charge in [-0.2, -0.15) is 4.91 Å². The van der Waals surface area contributed by atoms with Crippen molar-refractivity contribution in [2.45, 2.75) is 0 Å². The lowest BCUT2D eigenvalue weighted by atomic mass is 12.3. The Kier molecular flexibility index (Phi) is 11.2. The van der Waals surface area contributed by atoms with Crippen LogP contribution in [-0.2, 0) is 0 Å². The van der Waals surface area contributed by atoms with Gasteiger partial charge in [0, 0.05) is 41.8 Å². The zero-order chi connectivity index (χ0) is 14.0. The standard InChI is InChI=1S/H3N19/c1-3-5-7-9-11-13-15-17-19-18-16-14-12-10-8-6-4-2/h(H2,1,5,9,10,13,14,17,18)(H,3,7,8,11,12,15,16,19). The average molecular weight is 269 g/mol. The molecule has 0 aliphatic carbocycles. The van der Waals surface area contributed by atoms with Gasteiger partial charge in [-0.1, -0.05) is 5.22 Å². The highest BCUT2D eigenvalue weighted by molar-refractivity contribution is 4.31. The lowest BCUT2D eigenvalue weighted by Gasteiger charge is -1.72. The van der Waals surface area contributed by atoms with E-state index in [-0.39, 0.29) is 0 Å².